The number of carbonyl (C=O) groups excluding carboxylic acids is 2. The summed E-state index contributed by atoms with van der Waals surface area (Å²) in [5, 5.41) is 10.2. The van der Waals surface area contributed by atoms with Gasteiger partial charge in [0.2, 0.25) is 15.9 Å². The first-order valence-corrected chi connectivity index (χ1v) is 18.1. The van der Waals surface area contributed by atoms with Crippen LogP contribution in [0.15, 0.2) is 57.9 Å². The molecule has 5 rings (SSSR count). The number of sulfonamides is 1. The van der Waals surface area contributed by atoms with Crippen molar-refractivity contribution >= 4 is 59.2 Å². The number of ether oxygens (including phenoxy) is 1. The van der Waals surface area contributed by atoms with E-state index < -0.39 is 16.1 Å². The Morgan fingerprint density at radius 2 is 1.89 bits per heavy atom. The molecule has 0 unspecified atom stereocenters. The predicted octanol–water partition coefficient (Wildman–Crippen LogP) is 3.67. The van der Waals surface area contributed by atoms with Crippen LogP contribution >= 0.6 is 27.3 Å². The van der Waals surface area contributed by atoms with Gasteiger partial charge < -0.3 is 20.7 Å². The molecule has 2 aliphatic rings. The lowest BCUT2D eigenvalue weighted by molar-refractivity contribution is -0.123. The number of carbonyl (C=O) groups is 2. The summed E-state index contributed by atoms with van der Waals surface area (Å²) in [4.78, 5) is 29.1. The van der Waals surface area contributed by atoms with Crippen LogP contribution < -0.4 is 20.7 Å². The average molecular weight is 707 g/mol. The topological polar surface area (TPSA) is 120 Å². The number of nitrogens with one attached hydrogen (secondary N) is 3. The van der Waals surface area contributed by atoms with Gasteiger partial charge in [0.1, 0.15) is 17.9 Å². The third-order valence-electron chi connectivity index (χ3n) is 7.89. The maximum atomic E-state index is 13.4. The lowest BCUT2D eigenvalue weighted by Gasteiger charge is -2.34. The van der Waals surface area contributed by atoms with Gasteiger partial charge in [-0.2, -0.15) is 4.31 Å². The van der Waals surface area contributed by atoms with Gasteiger partial charge in [-0.3, -0.25) is 14.5 Å². The monoisotopic (exact) mass is 705 g/mol. The highest BCUT2D eigenvalue weighted by atomic mass is 79.9. The van der Waals surface area contributed by atoms with Crippen LogP contribution in [-0.4, -0.2) is 93.9 Å². The first kappa shape index (κ1) is 32.8. The van der Waals surface area contributed by atoms with Gasteiger partial charge in [-0.05, 0) is 77.0 Å². The molecule has 0 spiro atoms. The fourth-order valence-corrected chi connectivity index (χ4v) is 8.51. The number of nitrogens with zero attached hydrogens (tertiary/aromatic N) is 2. The molecule has 13 heteroatoms. The summed E-state index contributed by atoms with van der Waals surface area (Å²) < 4.78 is 35.9. The Labute approximate surface area is 271 Å². The number of hydrogen-bond acceptors (Lipinski definition) is 8. The minimum atomic E-state index is -3.65. The molecule has 2 saturated heterocycles. The minimum absolute atomic E-state index is 0.0821. The van der Waals surface area contributed by atoms with E-state index in [0.717, 1.165) is 29.6 Å². The number of thiophene rings is 1. The van der Waals surface area contributed by atoms with Gasteiger partial charge in [0.05, 0.1) is 14.2 Å². The van der Waals surface area contributed by atoms with E-state index in [4.69, 9.17) is 4.74 Å². The predicted molar refractivity (Wildman–Crippen MR) is 177 cm³/mol. The summed E-state index contributed by atoms with van der Waals surface area (Å²) in [5.74, 6) is 0.401. The highest BCUT2D eigenvalue weighted by molar-refractivity contribution is 9.10. The number of rotatable bonds is 12. The van der Waals surface area contributed by atoms with Crippen molar-refractivity contribution < 1.29 is 22.7 Å². The molecule has 3 aromatic rings. The summed E-state index contributed by atoms with van der Waals surface area (Å²) in [6.45, 7) is 8.58. The maximum absolute atomic E-state index is 13.4. The van der Waals surface area contributed by atoms with Crippen LogP contribution in [0.25, 0.3) is 10.1 Å². The molecule has 0 bridgehead atoms. The molecule has 3 N–H and O–H groups in total. The lowest BCUT2D eigenvalue weighted by Crippen LogP contribution is -2.52. The van der Waals surface area contributed by atoms with Crippen LogP contribution in [0.2, 0.25) is 0 Å². The zero-order valence-corrected chi connectivity index (χ0v) is 28.3. The molecule has 0 radical (unpaired) electrons. The highest BCUT2D eigenvalue weighted by Crippen LogP contribution is 2.31. The van der Waals surface area contributed by atoms with E-state index in [1.54, 1.807) is 18.2 Å². The molecule has 0 aliphatic carbocycles. The molecule has 10 nitrogen and oxygen atoms in total. The summed E-state index contributed by atoms with van der Waals surface area (Å²) in [5.41, 5.74) is 0. The maximum Gasteiger partial charge on any atom is 0.262 e. The molecule has 0 saturated carbocycles. The second-order valence-electron chi connectivity index (χ2n) is 11.7. The van der Waals surface area contributed by atoms with Crippen molar-refractivity contribution in [3.05, 3.63) is 57.9 Å². The molecule has 1 aromatic heterocycles. The normalized spacial score (nSPS) is 18.9. The molecule has 2 aliphatic heterocycles. The van der Waals surface area contributed by atoms with Gasteiger partial charge >= 0.3 is 0 Å². The zero-order chi connectivity index (χ0) is 31.3. The number of benzene rings is 2. The minimum Gasteiger partial charge on any atom is -0.488 e. The van der Waals surface area contributed by atoms with Gasteiger partial charge in [-0.15, -0.1) is 11.3 Å². The molecule has 2 aromatic carbocycles. The molecular weight excluding hydrogens is 666 g/mol. The Kier molecular flexibility index (Phi) is 11.0. The largest absolute Gasteiger partial charge is 0.488 e. The number of amides is 2. The van der Waals surface area contributed by atoms with Gasteiger partial charge in [-0.1, -0.05) is 32.0 Å². The van der Waals surface area contributed by atoms with Crippen molar-refractivity contribution in [2.45, 2.75) is 43.7 Å². The Hall–Kier alpha value is -2.55. The Balaban J connectivity index is 1.09. The fraction of sp³-hybridized carbons (Fsp3) is 0.484. The van der Waals surface area contributed by atoms with Gasteiger partial charge in [0.25, 0.3) is 5.91 Å². The van der Waals surface area contributed by atoms with Crippen molar-refractivity contribution in [2.75, 3.05) is 52.4 Å². The van der Waals surface area contributed by atoms with Crippen molar-refractivity contribution in [1.82, 2.24) is 25.2 Å². The standard InChI is InChI=1S/C31H40BrN5O5S2/c1-21(2)17-26(35-31(39)29-18-22-5-3-4-6-28(22)43-29)30(38)34-11-12-36-13-15-37(16-14-36)44(40,41)24-7-8-27(25(32)19-24)42-23-9-10-33-20-23/h3-8,18-19,21,23,26,33H,9-17,20H2,1-2H3,(H,34,38)(H,35,39)/t23-,26-/m0/s1. The van der Waals surface area contributed by atoms with Crippen LogP contribution in [0, 0.1) is 5.92 Å². The number of fused-ring (bicyclic) bond motifs is 1. The van der Waals surface area contributed by atoms with E-state index in [1.165, 1.54) is 15.6 Å². The lowest BCUT2D eigenvalue weighted by atomic mass is 10.0. The molecular formula is C31H40BrN5O5S2. The summed E-state index contributed by atoms with van der Waals surface area (Å²) in [7, 11) is -3.65. The van der Waals surface area contributed by atoms with Crippen LogP contribution in [0.4, 0.5) is 0 Å². The van der Waals surface area contributed by atoms with Crippen molar-refractivity contribution in [1.29, 1.82) is 0 Å². The van der Waals surface area contributed by atoms with Crippen molar-refractivity contribution in [3.8, 4) is 5.75 Å². The van der Waals surface area contributed by atoms with E-state index in [1.807, 2.05) is 44.2 Å². The summed E-state index contributed by atoms with van der Waals surface area (Å²) >= 11 is 4.90. The van der Waals surface area contributed by atoms with E-state index in [-0.39, 0.29) is 28.7 Å². The third kappa shape index (κ3) is 8.18. The fourth-order valence-electron chi connectivity index (χ4n) is 5.47. The quantitative estimate of drug-likeness (QED) is 0.263. The van der Waals surface area contributed by atoms with E-state index in [9.17, 15) is 18.0 Å². The zero-order valence-electron chi connectivity index (χ0n) is 25.1. The van der Waals surface area contributed by atoms with Crippen LogP contribution in [0.5, 0.6) is 5.75 Å². The third-order valence-corrected chi connectivity index (χ3v) is 11.5. The molecule has 2 fully saturated rings. The first-order valence-electron chi connectivity index (χ1n) is 15.1. The van der Waals surface area contributed by atoms with E-state index in [2.05, 4.69) is 36.8 Å². The summed E-state index contributed by atoms with van der Waals surface area (Å²) in [6, 6.07) is 14.0. The SMILES string of the molecule is CC(C)C[C@H](NC(=O)c1cc2ccccc2s1)C(=O)NCCN1CCN(S(=O)(=O)c2ccc(O[C@H]3CCNC3)c(Br)c2)CC1. The molecule has 2 amide bonds. The second-order valence-corrected chi connectivity index (χ2v) is 15.5. The molecule has 44 heavy (non-hydrogen) atoms. The van der Waals surface area contributed by atoms with Crippen LogP contribution in [0.1, 0.15) is 36.4 Å². The molecule has 238 valence electrons. The smallest absolute Gasteiger partial charge is 0.262 e. The Morgan fingerprint density at radius 3 is 2.57 bits per heavy atom. The highest BCUT2D eigenvalue weighted by Gasteiger charge is 2.30. The van der Waals surface area contributed by atoms with Gasteiger partial charge in [0, 0.05) is 50.5 Å². The van der Waals surface area contributed by atoms with Crippen LogP contribution in [0.3, 0.4) is 0 Å². The first-order chi connectivity index (χ1) is 21.1. The van der Waals surface area contributed by atoms with Gasteiger partial charge in [-0.25, -0.2) is 8.42 Å². The van der Waals surface area contributed by atoms with E-state index >= 15 is 0 Å². The Morgan fingerprint density at radius 1 is 1.11 bits per heavy atom. The number of hydrogen-bond donors (Lipinski definition) is 3. The second kappa shape index (κ2) is 14.7. The Bertz CT molecular complexity index is 1530. The number of piperazine rings is 1. The van der Waals surface area contributed by atoms with Crippen LogP contribution in [-0.2, 0) is 14.8 Å². The van der Waals surface area contributed by atoms with E-state index in [0.29, 0.717) is 60.8 Å². The molecule has 3 heterocycles. The summed E-state index contributed by atoms with van der Waals surface area (Å²) in [6.07, 6.45) is 1.53. The molecule has 2 atom stereocenters. The van der Waals surface area contributed by atoms with Crippen molar-refractivity contribution in [3.63, 3.8) is 0 Å². The van der Waals surface area contributed by atoms with Crippen molar-refractivity contribution in [2.24, 2.45) is 5.92 Å². The average Bonchev–Trinajstić information content (AvgIpc) is 3.68. The van der Waals surface area contributed by atoms with Gasteiger partial charge in [0.15, 0.2) is 0 Å². The number of halogens is 1.